The summed E-state index contributed by atoms with van der Waals surface area (Å²) in [4.78, 5) is 0. The van der Waals surface area contributed by atoms with Crippen molar-refractivity contribution >= 4 is 0 Å². The predicted octanol–water partition coefficient (Wildman–Crippen LogP) is 7.57. The Morgan fingerprint density at radius 3 is 1.57 bits per heavy atom. The largest absolute Gasteiger partial charge is 0.435 e. The molecule has 4 aromatic carbocycles. The van der Waals surface area contributed by atoms with Crippen LogP contribution in [0.1, 0.15) is 22.3 Å². The molecule has 0 unspecified atom stereocenters. The van der Waals surface area contributed by atoms with Crippen molar-refractivity contribution in [1.82, 2.24) is 4.68 Å². The molecule has 0 bridgehead atoms. The van der Waals surface area contributed by atoms with Crippen molar-refractivity contribution in [2.75, 3.05) is 0 Å². The second kappa shape index (κ2) is 9.51. The van der Waals surface area contributed by atoms with Crippen LogP contribution in [0.2, 0.25) is 0 Å². The molecule has 0 aliphatic carbocycles. The molecule has 5 aromatic rings. The SMILES string of the molecule is Cc1cccc(C)c1Oc1cc(Oc2c(C)cccc2C)[n+](-c2ccccc2)n1-c1ccccc1. The Bertz CT molecular complexity index is 1320. The molecule has 0 aliphatic rings. The lowest BCUT2D eigenvalue weighted by Crippen LogP contribution is -2.40. The van der Waals surface area contributed by atoms with Crippen LogP contribution in [-0.2, 0) is 0 Å². The number of hydrogen-bond donors (Lipinski definition) is 0. The molecule has 5 rings (SSSR count). The fourth-order valence-electron chi connectivity index (χ4n) is 4.32. The van der Waals surface area contributed by atoms with Gasteiger partial charge in [-0.15, -0.1) is 0 Å². The summed E-state index contributed by atoms with van der Waals surface area (Å²) >= 11 is 0. The first-order valence-corrected chi connectivity index (χ1v) is 11.8. The van der Waals surface area contributed by atoms with Crippen molar-refractivity contribution in [1.29, 1.82) is 0 Å². The third-order valence-corrected chi connectivity index (χ3v) is 6.10. The van der Waals surface area contributed by atoms with Gasteiger partial charge in [0.2, 0.25) is 5.69 Å². The van der Waals surface area contributed by atoms with Crippen molar-refractivity contribution in [3.05, 3.63) is 125 Å². The second-order valence-corrected chi connectivity index (χ2v) is 8.76. The Balaban J connectivity index is 1.77. The highest BCUT2D eigenvalue weighted by molar-refractivity contribution is 5.46. The summed E-state index contributed by atoms with van der Waals surface area (Å²) in [5.74, 6) is 3.03. The zero-order valence-electron chi connectivity index (χ0n) is 20.5. The number of benzene rings is 4. The Morgan fingerprint density at radius 1 is 0.543 bits per heavy atom. The van der Waals surface area contributed by atoms with Crippen molar-refractivity contribution in [3.8, 4) is 34.6 Å². The minimum absolute atomic E-state index is 0.665. The molecule has 0 spiro atoms. The average molecular weight is 462 g/mol. The Labute approximate surface area is 206 Å². The molecule has 35 heavy (non-hydrogen) atoms. The van der Waals surface area contributed by atoms with Gasteiger partial charge in [-0.3, -0.25) is 0 Å². The first-order chi connectivity index (χ1) is 17.0. The summed E-state index contributed by atoms with van der Waals surface area (Å²) in [5, 5.41) is 0. The maximum atomic E-state index is 6.63. The maximum Gasteiger partial charge on any atom is 0.409 e. The molecule has 0 radical (unpaired) electrons. The lowest BCUT2D eigenvalue weighted by atomic mass is 10.1. The zero-order chi connectivity index (χ0) is 24.4. The summed E-state index contributed by atoms with van der Waals surface area (Å²) < 4.78 is 17.4. The van der Waals surface area contributed by atoms with Crippen LogP contribution in [0.5, 0.6) is 23.3 Å². The van der Waals surface area contributed by atoms with E-state index in [9.17, 15) is 0 Å². The van der Waals surface area contributed by atoms with Crippen molar-refractivity contribution in [2.24, 2.45) is 0 Å². The van der Waals surface area contributed by atoms with Gasteiger partial charge >= 0.3 is 5.88 Å². The summed E-state index contributed by atoms with van der Waals surface area (Å²) in [5.41, 5.74) is 6.25. The third kappa shape index (κ3) is 4.43. The second-order valence-electron chi connectivity index (χ2n) is 8.76. The zero-order valence-corrected chi connectivity index (χ0v) is 20.5. The fraction of sp³-hybridized carbons (Fsp3) is 0.129. The van der Waals surface area contributed by atoms with Crippen LogP contribution in [-0.4, -0.2) is 4.68 Å². The normalized spacial score (nSPS) is 10.9. The van der Waals surface area contributed by atoms with Gasteiger partial charge in [0, 0.05) is 12.1 Å². The third-order valence-electron chi connectivity index (χ3n) is 6.10. The van der Waals surface area contributed by atoms with Gasteiger partial charge in [-0.2, -0.15) is 0 Å². The topological polar surface area (TPSA) is 27.3 Å². The van der Waals surface area contributed by atoms with Gasteiger partial charge in [-0.1, -0.05) is 77.5 Å². The predicted molar refractivity (Wildman–Crippen MR) is 139 cm³/mol. The molecule has 174 valence electrons. The first kappa shape index (κ1) is 22.5. The number of aromatic nitrogens is 2. The van der Waals surface area contributed by atoms with Gasteiger partial charge in [0.1, 0.15) is 23.3 Å². The molecule has 0 saturated heterocycles. The molecule has 0 fully saturated rings. The molecule has 4 nitrogen and oxygen atoms in total. The van der Waals surface area contributed by atoms with E-state index in [0.717, 1.165) is 45.1 Å². The molecule has 1 heterocycles. The van der Waals surface area contributed by atoms with Gasteiger partial charge in [0.05, 0.1) is 0 Å². The number of para-hydroxylation sites is 4. The number of rotatable bonds is 6. The Hall–Kier alpha value is -4.31. The van der Waals surface area contributed by atoms with Crippen LogP contribution in [0.3, 0.4) is 0 Å². The lowest BCUT2D eigenvalue weighted by molar-refractivity contribution is -0.679. The van der Waals surface area contributed by atoms with E-state index < -0.39 is 0 Å². The molecule has 0 amide bonds. The molecule has 4 heteroatoms. The van der Waals surface area contributed by atoms with Crippen LogP contribution in [0.4, 0.5) is 0 Å². The van der Waals surface area contributed by atoms with E-state index in [1.165, 1.54) is 0 Å². The smallest absolute Gasteiger partial charge is 0.409 e. The summed E-state index contributed by atoms with van der Waals surface area (Å²) in [6, 6.07) is 34.7. The fourth-order valence-corrected chi connectivity index (χ4v) is 4.32. The summed E-state index contributed by atoms with van der Waals surface area (Å²) in [6.07, 6.45) is 0. The van der Waals surface area contributed by atoms with Crippen molar-refractivity contribution in [2.45, 2.75) is 27.7 Å². The molecular formula is C31H29N2O2+. The number of hydrogen-bond acceptors (Lipinski definition) is 2. The van der Waals surface area contributed by atoms with E-state index in [-0.39, 0.29) is 0 Å². The van der Waals surface area contributed by atoms with Gasteiger partial charge < -0.3 is 9.47 Å². The van der Waals surface area contributed by atoms with Crippen LogP contribution < -0.4 is 14.2 Å². The maximum absolute atomic E-state index is 6.63. The van der Waals surface area contributed by atoms with E-state index in [4.69, 9.17) is 9.47 Å². The highest BCUT2D eigenvalue weighted by Gasteiger charge is 2.31. The standard InChI is InChI=1S/C31H29N2O2/c1-22-13-11-14-23(2)30(22)34-28-21-29(35-31-24(3)15-12-16-25(31)4)33(27-19-9-6-10-20-27)32(28)26-17-7-5-8-18-26/h5-21H,1-4H3/q+1. The first-order valence-electron chi connectivity index (χ1n) is 11.8. The minimum atomic E-state index is 0.665. The van der Waals surface area contributed by atoms with E-state index >= 15 is 0 Å². The Kier molecular flexibility index (Phi) is 6.11. The highest BCUT2D eigenvalue weighted by Crippen LogP contribution is 2.35. The monoisotopic (exact) mass is 461 g/mol. The van der Waals surface area contributed by atoms with Gasteiger partial charge in [0.25, 0.3) is 5.88 Å². The summed E-state index contributed by atoms with van der Waals surface area (Å²) in [6.45, 7) is 8.27. The van der Waals surface area contributed by atoms with Crippen molar-refractivity contribution in [3.63, 3.8) is 0 Å². The number of nitrogens with zero attached hydrogens (tertiary/aromatic N) is 2. The molecule has 0 atom stereocenters. The molecule has 0 N–H and O–H groups in total. The average Bonchev–Trinajstić information content (AvgIpc) is 3.23. The van der Waals surface area contributed by atoms with Gasteiger partial charge in [-0.25, -0.2) is 0 Å². The summed E-state index contributed by atoms with van der Waals surface area (Å²) in [7, 11) is 0. The molecule has 1 aromatic heterocycles. The van der Waals surface area contributed by atoms with E-state index in [0.29, 0.717) is 11.8 Å². The molecule has 0 aliphatic heterocycles. The van der Waals surface area contributed by atoms with Crippen LogP contribution in [0, 0.1) is 27.7 Å². The molecular weight excluding hydrogens is 432 g/mol. The Morgan fingerprint density at radius 2 is 1.03 bits per heavy atom. The highest BCUT2D eigenvalue weighted by atomic mass is 16.5. The quantitative estimate of drug-likeness (QED) is 0.244. The van der Waals surface area contributed by atoms with Crippen LogP contribution in [0.25, 0.3) is 11.4 Å². The number of aryl methyl sites for hydroxylation is 4. The van der Waals surface area contributed by atoms with E-state index in [1.807, 2.05) is 54.6 Å². The van der Waals surface area contributed by atoms with E-state index in [1.54, 1.807) is 0 Å². The molecule has 0 saturated carbocycles. The van der Waals surface area contributed by atoms with Gasteiger partial charge in [-0.05, 0) is 66.8 Å². The van der Waals surface area contributed by atoms with Gasteiger partial charge in [0.15, 0.2) is 0 Å². The van der Waals surface area contributed by atoms with Crippen molar-refractivity contribution < 1.29 is 14.2 Å². The number of ether oxygens (including phenoxy) is 2. The van der Waals surface area contributed by atoms with E-state index in [2.05, 4.69) is 85.6 Å². The van der Waals surface area contributed by atoms with Crippen LogP contribution >= 0.6 is 0 Å². The lowest BCUT2D eigenvalue weighted by Gasteiger charge is -2.12. The van der Waals surface area contributed by atoms with Crippen LogP contribution in [0.15, 0.2) is 103 Å². The minimum Gasteiger partial charge on any atom is -0.435 e.